The van der Waals surface area contributed by atoms with Crippen molar-refractivity contribution in [2.75, 3.05) is 4.90 Å². The van der Waals surface area contributed by atoms with Crippen molar-refractivity contribution in [3.63, 3.8) is 0 Å². The van der Waals surface area contributed by atoms with Crippen LogP contribution in [0.3, 0.4) is 0 Å². The maximum Gasteiger partial charge on any atom is 0.214 e. The van der Waals surface area contributed by atoms with Crippen LogP contribution in [0.1, 0.15) is 11.3 Å². The summed E-state index contributed by atoms with van der Waals surface area (Å²) in [5.74, 6) is 0.518. The molecule has 24 heavy (non-hydrogen) atoms. The Kier molecular flexibility index (Phi) is 4.88. The second-order valence-electron chi connectivity index (χ2n) is 5.25. The SMILES string of the molecule is Cc1onc(-c2c(Cl)cccc2Cl)c1N(C=O)Cc1ccccc1. The number of rotatable bonds is 5. The smallest absolute Gasteiger partial charge is 0.214 e. The zero-order valence-electron chi connectivity index (χ0n) is 12.9. The Hall–Kier alpha value is -2.30. The van der Waals surface area contributed by atoms with E-state index in [0.29, 0.717) is 39.3 Å². The first kappa shape index (κ1) is 16.6. The number of amides is 1. The molecular formula is C18H14Cl2N2O2. The van der Waals surface area contributed by atoms with Crippen LogP contribution in [-0.4, -0.2) is 11.6 Å². The summed E-state index contributed by atoms with van der Waals surface area (Å²) < 4.78 is 5.31. The molecule has 0 unspecified atom stereocenters. The number of carbonyl (C=O) groups excluding carboxylic acids is 1. The Morgan fingerprint density at radius 2 is 1.75 bits per heavy atom. The van der Waals surface area contributed by atoms with E-state index in [-0.39, 0.29) is 0 Å². The van der Waals surface area contributed by atoms with Crippen LogP contribution in [0, 0.1) is 6.92 Å². The summed E-state index contributed by atoms with van der Waals surface area (Å²) in [6, 6.07) is 14.9. The molecule has 0 fully saturated rings. The molecule has 0 saturated carbocycles. The van der Waals surface area contributed by atoms with E-state index in [4.69, 9.17) is 27.7 Å². The van der Waals surface area contributed by atoms with Crippen molar-refractivity contribution in [2.45, 2.75) is 13.5 Å². The molecule has 4 nitrogen and oxygen atoms in total. The first-order valence-corrected chi connectivity index (χ1v) is 8.04. The Labute approximate surface area is 149 Å². The first-order chi connectivity index (χ1) is 11.6. The van der Waals surface area contributed by atoms with E-state index in [1.54, 1.807) is 25.1 Å². The highest BCUT2D eigenvalue weighted by Gasteiger charge is 2.24. The number of hydrogen-bond donors (Lipinski definition) is 0. The Balaban J connectivity index is 2.08. The maximum atomic E-state index is 11.7. The van der Waals surface area contributed by atoms with E-state index >= 15 is 0 Å². The van der Waals surface area contributed by atoms with Crippen LogP contribution in [0.25, 0.3) is 11.3 Å². The minimum Gasteiger partial charge on any atom is -0.359 e. The van der Waals surface area contributed by atoms with E-state index in [2.05, 4.69) is 5.16 Å². The highest BCUT2D eigenvalue weighted by atomic mass is 35.5. The van der Waals surface area contributed by atoms with Gasteiger partial charge in [0.25, 0.3) is 0 Å². The van der Waals surface area contributed by atoms with Crippen LogP contribution in [0.4, 0.5) is 5.69 Å². The fourth-order valence-electron chi connectivity index (χ4n) is 2.54. The van der Waals surface area contributed by atoms with E-state index in [0.717, 1.165) is 12.0 Å². The zero-order valence-corrected chi connectivity index (χ0v) is 14.4. The summed E-state index contributed by atoms with van der Waals surface area (Å²) in [7, 11) is 0. The first-order valence-electron chi connectivity index (χ1n) is 7.28. The number of carbonyl (C=O) groups is 1. The predicted molar refractivity (Wildman–Crippen MR) is 95.4 cm³/mol. The van der Waals surface area contributed by atoms with E-state index in [1.165, 1.54) is 4.90 Å². The second-order valence-corrected chi connectivity index (χ2v) is 6.07. The lowest BCUT2D eigenvalue weighted by Crippen LogP contribution is -2.21. The third-order valence-corrected chi connectivity index (χ3v) is 4.27. The molecule has 1 amide bonds. The standard InChI is InChI=1S/C18H14Cl2N2O2/c1-12-18(22(11-23)10-13-6-3-2-4-7-13)17(21-24-12)16-14(19)8-5-9-15(16)20/h2-9,11H,10H2,1H3. The van der Waals surface area contributed by atoms with Gasteiger partial charge in [0.2, 0.25) is 6.41 Å². The molecule has 0 bridgehead atoms. The van der Waals surface area contributed by atoms with Gasteiger partial charge >= 0.3 is 0 Å². The molecule has 0 spiro atoms. The van der Waals surface area contributed by atoms with Gasteiger partial charge in [0.1, 0.15) is 11.4 Å². The molecule has 1 aromatic heterocycles. The lowest BCUT2D eigenvalue weighted by atomic mass is 10.1. The molecule has 3 rings (SSSR count). The fourth-order valence-corrected chi connectivity index (χ4v) is 3.12. The van der Waals surface area contributed by atoms with Gasteiger partial charge in [-0.25, -0.2) is 0 Å². The number of aryl methyl sites for hydroxylation is 1. The van der Waals surface area contributed by atoms with Gasteiger partial charge in [-0.2, -0.15) is 0 Å². The highest BCUT2D eigenvalue weighted by molar-refractivity contribution is 6.39. The maximum absolute atomic E-state index is 11.7. The Bertz CT molecular complexity index is 842. The van der Waals surface area contributed by atoms with Gasteiger partial charge in [0, 0.05) is 5.56 Å². The van der Waals surface area contributed by atoms with E-state index in [9.17, 15) is 4.79 Å². The molecule has 1 heterocycles. The van der Waals surface area contributed by atoms with Crippen molar-refractivity contribution in [3.8, 4) is 11.3 Å². The topological polar surface area (TPSA) is 46.3 Å². The van der Waals surface area contributed by atoms with E-state index in [1.807, 2.05) is 30.3 Å². The molecule has 2 aromatic carbocycles. The average molecular weight is 361 g/mol. The summed E-state index contributed by atoms with van der Waals surface area (Å²) in [5, 5.41) is 4.97. The van der Waals surface area contributed by atoms with Crippen LogP contribution >= 0.6 is 23.2 Å². The van der Waals surface area contributed by atoms with Gasteiger partial charge in [-0.05, 0) is 24.6 Å². The van der Waals surface area contributed by atoms with Crippen LogP contribution in [-0.2, 0) is 11.3 Å². The van der Waals surface area contributed by atoms with Crippen LogP contribution < -0.4 is 4.90 Å². The second kappa shape index (κ2) is 7.07. The molecule has 0 atom stereocenters. The molecule has 0 aliphatic carbocycles. The average Bonchev–Trinajstić information content (AvgIpc) is 2.95. The number of hydrogen-bond acceptors (Lipinski definition) is 3. The minimum absolute atomic E-state index is 0.390. The monoisotopic (exact) mass is 360 g/mol. The number of anilines is 1. The number of benzene rings is 2. The third-order valence-electron chi connectivity index (χ3n) is 3.64. The Morgan fingerprint density at radius 1 is 1.08 bits per heavy atom. The summed E-state index contributed by atoms with van der Waals surface area (Å²) in [6.45, 7) is 2.14. The number of aromatic nitrogens is 1. The quantitative estimate of drug-likeness (QED) is 0.593. The van der Waals surface area contributed by atoms with Crippen LogP contribution in [0.2, 0.25) is 10.0 Å². The van der Waals surface area contributed by atoms with Gasteiger partial charge < -0.3 is 9.42 Å². The van der Waals surface area contributed by atoms with Crippen molar-refractivity contribution in [1.82, 2.24) is 5.16 Å². The van der Waals surface area contributed by atoms with Gasteiger partial charge in [0.15, 0.2) is 5.76 Å². The van der Waals surface area contributed by atoms with Crippen LogP contribution in [0.5, 0.6) is 0 Å². The van der Waals surface area contributed by atoms with Gasteiger partial charge in [-0.3, -0.25) is 4.79 Å². The zero-order chi connectivity index (χ0) is 17.1. The minimum atomic E-state index is 0.390. The molecule has 0 radical (unpaired) electrons. The molecule has 0 N–H and O–H groups in total. The summed E-state index contributed by atoms with van der Waals surface area (Å²) in [5.41, 5.74) is 2.55. The fraction of sp³-hybridized carbons (Fsp3) is 0.111. The van der Waals surface area contributed by atoms with Crippen molar-refractivity contribution in [1.29, 1.82) is 0 Å². The Morgan fingerprint density at radius 3 is 2.38 bits per heavy atom. The van der Waals surface area contributed by atoms with Crippen molar-refractivity contribution >= 4 is 35.3 Å². The summed E-state index contributed by atoms with van der Waals surface area (Å²) >= 11 is 12.6. The van der Waals surface area contributed by atoms with Gasteiger partial charge in [0.05, 0.1) is 16.6 Å². The van der Waals surface area contributed by atoms with E-state index < -0.39 is 0 Å². The molecular weight excluding hydrogens is 347 g/mol. The summed E-state index contributed by atoms with van der Waals surface area (Å²) in [4.78, 5) is 13.2. The van der Waals surface area contributed by atoms with Crippen molar-refractivity contribution in [2.24, 2.45) is 0 Å². The van der Waals surface area contributed by atoms with Gasteiger partial charge in [-0.15, -0.1) is 0 Å². The predicted octanol–water partition coefficient (Wildman–Crippen LogP) is 5.12. The third kappa shape index (κ3) is 3.16. The molecule has 0 saturated heterocycles. The molecule has 122 valence electrons. The molecule has 0 aliphatic heterocycles. The number of halogens is 2. The highest BCUT2D eigenvalue weighted by Crippen LogP contribution is 2.40. The normalized spacial score (nSPS) is 10.6. The molecule has 0 aliphatic rings. The van der Waals surface area contributed by atoms with Crippen molar-refractivity contribution < 1.29 is 9.32 Å². The number of nitrogens with zero attached hydrogens (tertiary/aromatic N) is 2. The summed E-state index contributed by atoms with van der Waals surface area (Å²) in [6.07, 6.45) is 0.751. The van der Waals surface area contributed by atoms with Crippen molar-refractivity contribution in [3.05, 3.63) is 69.9 Å². The molecule has 6 heteroatoms. The van der Waals surface area contributed by atoms with Gasteiger partial charge in [-0.1, -0.05) is 64.8 Å². The lowest BCUT2D eigenvalue weighted by molar-refractivity contribution is -0.107. The largest absolute Gasteiger partial charge is 0.359 e. The van der Waals surface area contributed by atoms with Crippen LogP contribution in [0.15, 0.2) is 53.1 Å². The molecule has 3 aromatic rings. The lowest BCUT2D eigenvalue weighted by Gasteiger charge is -2.18.